The third kappa shape index (κ3) is 6.02. The number of carbonyl (C=O) groups excluding carboxylic acids is 2. The number of nitrogens with one attached hydrogen (secondary N) is 1. The van der Waals surface area contributed by atoms with Gasteiger partial charge in [0.2, 0.25) is 11.8 Å². The SMILES string of the molecule is COc1cccc([C@H](C(=O)NC(C)(C)C)N(C[C@H]2CCCO2)C(=O)Cn2nnc3ccccc32)c1OC. The number of benzene rings is 2. The standard InChI is InChI=1S/C27H35N5O5/c1-27(2,3)28-26(34)24(19-11-8-14-22(35-4)25(19)36-5)31(16-18-10-9-15-37-18)23(33)17-32-21-13-7-6-12-20(21)29-30-32/h6-8,11-14,18,24H,9-10,15-17H2,1-5H3,(H,28,34)/t18-,24-/m1/s1. The van der Waals surface area contributed by atoms with Gasteiger partial charge in [-0.1, -0.05) is 29.5 Å². The van der Waals surface area contributed by atoms with Gasteiger partial charge in [0.1, 0.15) is 18.1 Å². The molecule has 198 valence electrons. The predicted octanol–water partition coefficient (Wildman–Crippen LogP) is 3.11. The van der Waals surface area contributed by atoms with Crippen molar-refractivity contribution in [2.75, 3.05) is 27.4 Å². The first-order valence-electron chi connectivity index (χ1n) is 12.4. The molecule has 1 saturated heterocycles. The van der Waals surface area contributed by atoms with E-state index in [9.17, 15) is 9.59 Å². The molecule has 1 N–H and O–H groups in total. The lowest BCUT2D eigenvalue weighted by molar-refractivity contribution is -0.143. The number of methoxy groups -OCH3 is 2. The highest BCUT2D eigenvalue weighted by atomic mass is 16.5. The summed E-state index contributed by atoms with van der Waals surface area (Å²) < 4.78 is 18.6. The molecular formula is C27H35N5O5. The zero-order valence-electron chi connectivity index (χ0n) is 22.1. The predicted molar refractivity (Wildman–Crippen MR) is 138 cm³/mol. The van der Waals surface area contributed by atoms with Gasteiger partial charge < -0.3 is 24.4 Å². The Kier molecular flexibility index (Phi) is 7.97. The maximum Gasteiger partial charge on any atom is 0.247 e. The minimum absolute atomic E-state index is 0.0845. The van der Waals surface area contributed by atoms with Gasteiger partial charge in [0.25, 0.3) is 0 Å². The van der Waals surface area contributed by atoms with Crippen LogP contribution in [0.2, 0.25) is 0 Å². The van der Waals surface area contributed by atoms with Crippen molar-refractivity contribution in [3.8, 4) is 11.5 Å². The fourth-order valence-electron chi connectivity index (χ4n) is 4.63. The molecule has 2 amide bonds. The van der Waals surface area contributed by atoms with E-state index in [1.807, 2.05) is 45.0 Å². The second-order valence-corrected chi connectivity index (χ2v) is 10.1. The molecule has 1 fully saturated rings. The maximum atomic E-state index is 14.0. The third-order valence-corrected chi connectivity index (χ3v) is 6.24. The number of aromatic nitrogens is 3. The summed E-state index contributed by atoms with van der Waals surface area (Å²) in [6.07, 6.45) is 1.53. The summed E-state index contributed by atoms with van der Waals surface area (Å²) in [6.45, 7) is 6.49. The number of carbonyl (C=O) groups is 2. The molecule has 10 heteroatoms. The van der Waals surface area contributed by atoms with Gasteiger partial charge in [-0.05, 0) is 51.8 Å². The number of fused-ring (bicyclic) bond motifs is 1. The van der Waals surface area contributed by atoms with Crippen molar-refractivity contribution in [2.45, 2.75) is 57.8 Å². The lowest BCUT2D eigenvalue weighted by Gasteiger charge is -2.35. The second-order valence-electron chi connectivity index (χ2n) is 10.1. The first-order chi connectivity index (χ1) is 17.7. The number of hydrogen-bond donors (Lipinski definition) is 1. The molecule has 0 spiro atoms. The molecule has 0 unspecified atom stereocenters. The molecule has 10 nitrogen and oxygen atoms in total. The Morgan fingerprint density at radius 3 is 2.62 bits per heavy atom. The Hall–Kier alpha value is -3.66. The zero-order valence-corrected chi connectivity index (χ0v) is 22.1. The van der Waals surface area contributed by atoms with E-state index in [1.165, 1.54) is 14.2 Å². The van der Waals surface area contributed by atoms with Gasteiger partial charge >= 0.3 is 0 Å². The Morgan fingerprint density at radius 1 is 1.16 bits per heavy atom. The lowest BCUT2D eigenvalue weighted by Crippen LogP contribution is -2.51. The van der Waals surface area contributed by atoms with Crippen molar-refractivity contribution < 1.29 is 23.8 Å². The van der Waals surface area contributed by atoms with Crippen LogP contribution in [0.1, 0.15) is 45.2 Å². The highest BCUT2D eigenvalue weighted by Gasteiger charge is 2.38. The molecule has 2 atom stereocenters. The van der Waals surface area contributed by atoms with Crippen molar-refractivity contribution in [3.05, 3.63) is 48.0 Å². The topological polar surface area (TPSA) is 108 Å². The smallest absolute Gasteiger partial charge is 0.247 e. The van der Waals surface area contributed by atoms with Crippen LogP contribution in [0.15, 0.2) is 42.5 Å². The number of amides is 2. The van der Waals surface area contributed by atoms with Crippen molar-refractivity contribution in [1.82, 2.24) is 25.2 Å². The van der Waals surface area contributed by atoms with E-state index in [1.54, 1.807) is 27.8 Å². The van der Waals surface area contributed by atoms with Gasteiger partial charge in [-0.25, -0.2) is 4.68 Å². The first kappa shape index (κ1) is 26.4. The summed E-state index contributed by atoms with van der Waals surface area (Å²) in [5, 5.41) is 11.4. The minimum Gasteiger partial charge on any atom is -0.493 e. The summed E-state index contributed by atoms with van der Waals surface area (Å²) >= 11 is 0. The van der Waals surface area contributed by atoms with Gasteiger partial charge in [-0.15, -0.1) is 5.10 Å². The van der Waals surface area contributed by atoms with Crippen LogP contribution in [0.25, 0.3) is 11.0 Å². The largest absolute Gasteiger partial charge is 0.493 e. The van der Waals surface area contributed by atoms with Crippen molar-refractivity contribution >= 4 is 22.8 Å². The average Bonchev–Trinajstić information content (AvgIpc) is 3.52. The summed E-state index contributed by atoms with van der Waals surface area (Å²) in [4.78, 5) is 29.5. The van der Waals surface area contributed by atoms with E-state index >= 15 is 0 Å². The molecule has 0 saturated carbocycles. The van der Waals surface area contributed by atoms with Crippen LogP contribution in [0.3, 0.4) is 0 Å². The molecular weight excluding hydrogens is 474 g/mol. The summed E-state index contributed by atoms with van der Waals surface area (Å²) in [5.74, 6) is 0.259. The Labute approximate surface area is 216 Å². The van der Waals surface area contributed by atoms with E-state index < -0.39 is 11.6 Å². The Morgan fingerprint density at radius 2 is 1.95 bits per heavy atom. The summed E-state index contributed by atoms with van der Waals surface area (Å²) in [7, 11) is 3.06. The van der Waals surface area contributed by atoms with Gasteiger partial charge in [0.15, 0.2) is 11.5 Å². The molecule has 3 aromatic rings. The van der Waals surface area contributed by atoms with Gasteiger partial charge in [-0.3, -0.25) is 9.59 Å². The quantitative estimate of drug-likeness (QED) is 0.472. The first-order valence-corrected chi connectivity index (χ1v) is 12.4. The van der Waals surface area contributed by atoms with E-state index in [4.69, 9.17) is 14.2 Å². The Balaban J connectivity index is 1.79. The highest BCUT2D eigenvalue weighted by Crippen LogP contribution is 2.38. The van der Waals surface area contributed by atoms with E-state index in [0.29, 0.717) is 29.2 Å². The molecule has 0 aliphatic carbocycles. The van der Waals surface area contributed by atoms with Crippen LogP contribution in [0.4, 0.5) is 0 Å². The lowest BCUT2D eigenvalue weighted by atomic mass is 9.99. The number of ether oxygens (including phenoxy) is 3. The summed E-state index contributed by atoms with van der Waals surface area (Å²) in [5.41, 5.74) is 1.43. The fourth-order valence-corrected chi connectivity index (χ4v) is 4.63. The molecule has 0 bridgehead atoms. The van der Waals surface area contributed by atoms with Crippen molar-refractivity contribution in [2.24, 2.45) is 0 Å². The Bertz CT molecular complexity index is 1250. The average molecular weight is 510 g/mol. The number of para-hydroxylation sites is 2. The van der Waals surface area contributed by atoms with Gasteiger partial charge in [0.05, 0.1) is 25.8 Å². The molecule has 1 aliphatic heterocycles. The number of nitrogens with zero attached hydrogens (tertiary/aromatic N) is 4. The number of hydrogen-bond acceptors (Lipinski definition) is 7. The van der Waals surface area contributed by atoms with Gasteiger partial charge in [-0.2, -0.15) is 0 Å². The zero-order chi connectivity index (χ0) is 26.6. The monoisotopic (exact) mass is 509 g/mol. The highest BCUT2D eigenvalue weighted by molar-refractivity contribution is 5.90. The molecule has 1 aliphatic rings. The van der Waals surface area contributed by atoms with E-state index in [2.05, 4.69) is 15.6 Å². The van der Waals surface area contributed by atoms with Crippen LogP contribution in [-0.4, -0.2) is 70.7 Å². The van der Waals surface area contributed by atoms with Crippen LogP contribution >= 0.6 is 0 Å². The van der Waals surface area contributed by atoms with Gasteiger partial charge in [0, 0.05) is 24.3 Å². The van der Waals surface area contributed by atoms with Crippen LogP contribution in [0.5, 0.6) is 11.5 Å². The van der Waals surface area contributed by atoms with Crippen LogP contribution in [-0.2, 0) is 20.9 Å². The van der Waals surface area contributed by atoms with E-state index in [0.717, 1.165) is 18.4 Å². The maximum absolute atomic E-state index is 14.0. The molecule has 2 heterocycles. The molecule has 1 aromatic heterocycles. The van der Waals surface area contributed by atoms with Crippen molar-refractivity contribution in [1.29, 1.82) is 0 Å². The second kappa shape index (κ2) is 11.2. The summed E-state index contributed by atoms with van der Waals surface area (Å²) in [6, 6.07) is 11.8. The van der Waals surface area contributed by atoms with Crippen LogP contribution < -0.4 is 14.8 Å². The van der Waals surface area contributed by atoms with E-state index in [-0.39, 0.29) is 31.0 Å². The third-order valence-electron chi connectivity index (χ3n) is 6.24. The van der Waals surface area contributed by atoms with Crippen LogP contribution in [0, 0.1) is 0 Å². The van der Waals surface area contributed by atoms with Crippen molar-refractivity contribution in [3.63, 3.8) is 0 Å². The molecule has 0 radical (unpaired) electrons. The fraction of sp³-hybridized carbons (Fsp3) is 0.481. The number of rotatable bonds is 9. The molecule has 4 rings (SSSR count). The molecule has 37 heavy (non-hydrogen) atoms. The normalized spacial score (nSPS) is 16.4. The molecule has 2 aromatic carbocycles. The minimum atomic E-state index is -0.990.